The van der Waals surface area contributed by atoms with Crippen LogP contribution in [0.15, 0.2) is 6.20 Å². The maximum absolute atomic E-state index is 10.5. The molecule has 4 heteroatoms. The Labute approximate surface area is 122 Å². The Morgan fingerprint density at radius 3 is 2.65 bits per heavy atom. The summed E-state index contributed by atoms with van der Waals surface area (Å²) < 4.78 is 2.10. The zero-order valence-electron chi connectivity index (χ0n) is 13.6. The average molecular weight is 279 g/mol. The predicted molar refractivity (Wildman–Crippen MR) is 81.6 cm³/mol. The van der Waals surface area contributed by atoms with Crippen LogP contribution in [0, 0.1) is 12.3 Å². The Morgan fingerprint density at radius 1 is 1.35 bits per heavy atom. The van der Waals surface area contributed by atoms with Crippen molar-refractivity contribution in [2.45, 2.75) is 66.2 Å². The number of hydrogen-bond donors (Lipinski definition) is 1. The fraction of sp³-hybridized carbons (Fsp3) is 0.812. The first kappa shape index (κ1) is 15.5. The molecule has 0 radical (unpaired) electrons. The van der Waals surface area contributed by atoms with Crippen molar-refractivity contribution in [2.75, 3.05) is 13.1 Å². The summed E-state index contributed by atoms with van der Waals surface area (Å²) in [5.41, 5.74) is 1.96. The highest BCUT2D eigenvalue weighted by Gasteiger charge is 2.43. The lowest BCUT2D eigenvalue weighted by Crippen LogP contribution is -2.55. The molecule has 1 fully saturated rings. The SMILES string of the molecule is CCCn1ncc(CN2CC[C@](C)(O)C(C)(C)C2)c1C. The molecule has 0 unspecified atom stereocenters. The normalized spacial score (nSPS) is 26.9. The van der Waals surface area contributed by atoms with E-state index in [-0.39, 0.29) is 5.41 Å². The van der Waals surface area contributed by atoms with Crippen LogP contribution >= 0.6 is 0 Å². The molecule has 2 rings (SSSR count). The summed E-state index contributed by atoms with van der Waals surface area (Å²) in [6, 6.07) is 0. The quantitative estimate of drug-likeness (QED) is 0.921. The number of aliphatic hydroxyl groups is 1. The largest absolute Gasteiger partial charge is 0.390 e. The van der Waals surface area contributed by atoms with Gasteiger partial charge in [0.25, 0.3) is 0 Å². The topological polar surface area (TPSA) is 41.3 Å². The van der Waals surface area contributed by atoms with E-state index in [0.29, 0.717) is 0 Å². The van der Waals surface area contributed by atoms with E-state index < -0.39 is 5.60 Å². The van der Waals surface area contributed by atoms with Gasteiger partial charge in [0.15, 0.2) is 0 Å². The third-order valence-corrected chi connectivity index (χ3v) is 5.03. The molecular weight excluding hydrogens is 250 g/mol. The van der Waals surface area contributed by atoms with Crippen LogP contribution in [-0.2, 0) is 13.1 Å². The van der Waals surface area contributed by atoms with Crippen molar-refractivity contribution in [3.63, 3.8) is 0 Å². The third-order valence-electron chi connectivity index (χ3n) is 5.03. The van der Waals surface area contributed by atoms with Gasteiger partial charge in [-0.3, -0.25) is 9.58 Å². The molecule has 1 aromatic heterocycles. The minimum atomic E-state index is -0.565. The Bertz CT molecular complexity index is 462. The summed E-state index contributed by atoms with van der Waals surface area (Å²) in [7, 11) is 0. The molecule has 1 aromatic rings. The third kappa shape index (κ3) is 2.91. The van der Waals surface area contributed by atoms with Crippen LogP contribution < -0.4 is 0 Å². The maximum atomic E-state index is 10.5. The standard InChI is InChI=1S/C16H29N3O/c1-6-8-19-13(2)14(10-17-19)11-18-9-7-16(5,20)15(3,4)12-18/h10,20H,6-9,11-12H2,1-5H3/t16-/m0/s1. The van der Waals surface area contributed by atoms with E-state index in [1.54, 1.807) is 0 Å². The molecule has 1 atom stereocenters. The van der Waals surface area contributed by atoms with Crippen molar-refractivity contribution < 1.29 is 5.11 Å². The Kier molecular flexibility index (Phi) is 4.26. The second-order valence-electron chi connectivity index (χ2n) is 7.10. The van der Waals surface area contributed by atoms with Crippen LogP contribution in [0.25, 0.3) is 0 Å². The fourth-order valence-electron chi connectivity index (χ4n) is 2.98. The lowest BCUT2D eigenvalue weighted by Gasteiger charge is -2.48. The lowest BCUT2D eigenvalue weighted by atomic mass is 9.71. The monoisotopic (exact) mass is 279 g/mol. The van der Waals surface area contributed by atoms with E-state index in [1.807, 2.05) is 13.1 Å². The fourth-order valence-corrected chi connectivity index (χ4v) is 2.98. The number of piperidine rings is 1. The summed E-state index contributed by atoms with van der Waals surface area (Å²) in [4.78, 5) is 2.44. The summed E-state index contributed by atoms with van der Waals surface area (Å²) in [5.74, 6) is 0. The highest BCUT2D eigenvalue weighted by molar-refractivity contribution is 5.16. The van der Waals surface area contributed by atoms with Crippen molar-refractivity contribution >= 4 is 0 Å². The van der Waals surface area contributed by atoms with Crippen LogP contribution in [0.4, 0.5) is 0 Å². The minimum Gasteiger partial charge on any atom is -0.390 e. The van der Waals surface area contributed by atoms with Crippen molar-refractivity contribution in [1.82, 2.24) is 14.7 Å². The van der Waals surface area contributed by atoms with Crippen LogP contribution in [0.5, 0.6) is 0 Å². The second-order valence-corrected chi connectivity index (χ2v) is 7.10. The van der Waals surface area contributed by atoms with Gasteiger partial charge in [-0.15, -0.1) is 0 Å². The van der Waals surface area contributed by atoms with E-state index in [0.717, 1.165) is 39.0 Å². The number of hydrogen-bond acceptors (Lipinski definition) is 3. The van der Waals surface area contributed by atoms with Gasteiger partial charge in [-0.05, 0) is 26.7 Å². The van der Waals surface area contributed by atoms with Crippen molar-refractivity contribution in [3.8, 4) is 0 Å². The van der Waals surface area contributed by atoms with E-state index in [2.05, 4.69) is 42.4 Å². The predicted octanol–water partition coefficient (Wildman–Crippen LogP) is 2.58. The number of rotatable bonds is 4. The zero-order chi connectivity index (χ0) is 15.0. The van der Waals surface area contributed by atoms with E-state index in [1.165, 1.54) is 11.3 Å². The van der Waals surface area contributed by atoms with Gasteiger partial charge in [0.2, 0.25) is 0 Å². The smallest absolute Gasteiger partial charge is 0.0694 e. The Morgan fingerprint density at radius 2 is 2.05 bits per heavy atom. The number of aryl methyl sites for hydroxylation is 1. The first-order valence-electron chi connectivity index (χ1n) is 7.73. The molecule has 1 N–H and O–H groups in total. The molecule has 0 aliphatic carbocycles. The molecule has 0 aromatic carbocycles. The zero-order valence-corrected chi connectivity index (χ0v) is 13.6. The van der Waals surface area contributed by atoms with Gasteiger partial charge >= 0.3 is 0 Å². The molecule has 4 nitrogen and oxygen atoms in total. The van der Waals surface area contributed by atoms with Gasteiger partial charge in [0, 0.05) is 42.9 Å². The molecule has 1 aliphatic heterocycles. The maximum Gasteiger partial charge on any atom is 0.0694 e. The van der Waals surface area contributed by atoms with Crippen molar-refractivity contribution in [2.24, 2.45) is 5.41 Å². The van der Waals surface area contributed by atoms with Gasteiger partial charge in [0.1, 0.15) is 0 Å². The van der Waals surface area contributed by atoms with E-state index in [4.69, 9.17) is 0 Å². The number of nitrogens with zero attached hydrogens (tertiary/aromatic N) is 3. The average Bonchev–Trinajstić information content (AvgIpc) is 2.67. The van der Waals surface area contributed by atoms with Gasteiger partial charge < -0.3 is 5.11 Å². The van der Waals surface area contributed by atoms with Crippen molar-refractivity contribution in [3.05, 3.63) is 17.5 Å². The summed E-state index contributed by atoms with van der Waals surface area (Å²) in [5, 5.41) is 14.9. The molecule has 0 saturated carbocycles. The van der Waals surface area contributed by atoms with Crippen LogP contribution in [0.1, 0.15) is 51.8 Å². The molecule has 0 spiro atoms. The first-order chi connectivity index (χ1) is 9.27. The summed E-state index contributed by atoms with van der Waals surface area (Å²) in [6.45, 7) is 14.4. The lowest BCUT2D eigenvalue weighted by molar-refractivity contribution is -0.107. The Hall–Kier alpha value is -0.870. The molecule has 20 heavy (non-hydrogen) atoms. The highest BCUT2D eigenvalue weighted by Crippen LogP contribution is 2.38. The van der Waals surface area contributed by atoms with Gasteiger partial charge in [0.05, 0.1) is 11.8 Å². The number of aromatic nitrogens is 2. The highest BCUT2D eigenvalue weighted by atomic mass is 16.3. The molecular formula is C16H29N3O. The van der Waals surface area contributed by atoms with Crippen LogP contribution in [0.3, 0.4) is 0 Å². The van der Waals surface area contributed by atoms with Crippen LogP contribution in [-0.4, -0.2) is 38.5 Å². The second kappa shape index (κ2) is 5.49. The van der Waals surface area contributed by atoms with Crippen molar-refractivity contribution in [1.29, 1.82) is 0 Å². The first-order valence-corrected chi connectivity index (χ1v) is 7.73. The van der Waals surface area contributed by atoms with E-state index >= 15 is 0 Å². The molecule has 1 aliphatic rings. The molecule has 2 heterocycles. The van der Waals surface area contributed by atoms with Gasteiger partial charge in [-0.25, -0.2) is 0 Å². The molecule has 114 valence electrons. The van der Waals surface area contributed by atoms with Gasteiger partial charge in [-0.1, -0.05) is 20.8 Å². The molecule has 0 amide bonds. The number of likely N-dealkylation sites (tertiary alicyclic amines) is 1. The van der Waals surface area contributed by atoms with Gasteiger partial charge in [-0.2, -0.15) is 5.10 Å². The summed E-state index contributed by atoms with van der Waals surface area (Å²) >= 11 is 0. The molecule has 1 saturated heterocycles. The van der Waals surface area contributed by atoms with E-state index in [9.17, 15) is 5.11 Å². The molecule has 0 bridgehead atoms. The summed E-state index contributed by atoms with van der Waals surface area (Å²) in [6.07, 6.45) is 3.95. The minimum absolute atomic E-state index is 0.0709. The van der Waals surface area contributed by atoms with Crippen LogP contribution in [0.2, 0.25) is 0 Å². The Balaban J connectivity index is 2.05.